The average Bonchev–Trinajstić information content (AvgIpc) is 2.51. The summed E-state index contributed by atoms with van der Waals surface area (Å²) in [5.74, 6) is 3.11. The van der Waals surface area contributed by atoms with E-state index in [0.29, 0.717) is 6.04 Å². The second kappa shape index (κ2) is 15.2. The second-order valence-electron chi connectivity index (χ2n) is 7.05. The molecule has 2 N–H and O–H groups in total. The van der Waals surface area contributed by atoms with Crippen LogP contribution in [-0.2, 0) is 0 Å². The molecule has 0 aromatic rings. The second-order valence-corrected chi connectivity index (χ2v) is 8.13. The van der Waals surface area contributed by atoms with Crippen molar-refractivity contribution < 1.29 is 0 Å². The molecule has 25 heavy (non-hydrogen) atoms. The number of thioether (sulfide) groups is 1. The lowest BCUT2D eigenvalue weighted by atomic mass is 10.1. The van der Waals surface area contributed by atoms with Crippen LogP contribution in [-0.4, -0.2) is 24.1 Å². The summed E-state index contributed by atoms with van der Waals surface area (Å²) in [5.41, 5.74) is 4.43. The molecule has 0 bridgehead atoms. The third kappa shape index (κ3) is 16.1. The lowest BCUT2D eigenvalue weighted by Crippen LogP contribution is -2.33. The van der Waals surface area contributed by atoms with E-state index in [9.17, 15) is 0 Å². The molecule has 0 saturated carbocycles. The summed E-state index contributed by atoms with van der Waals surface area (Å²) in [4.78, 5) is 0. The lowest BCUT2D eigenvalue weighted by Gasteiger charge is -2.17. The summed E-state index contributed by atoms with van der Waals surface area (Å²) in [7, 11) is 0. The largest absolute Gasteiger partial charge is 0.373 e. The van der Waals surface area contributed by atoms with Crippen LogP contribution in [0.15, 0.2) is 47.3 Å². The Morgan fingerprint density at radius 3 is 2.20 bits per heavy atom. The maximum absolute atomic E-state index is 3.96. The van der Waals surface area contributed by atoms with Crippen molar-refractivity contribution in [3.63, 3.8) is 0 Å². The fourth-order valence-electron chi connectivity index (χ4n) is 2.39. The van der Waals surface area contributed by atoms with Crippen LogP contribution in [0.3, 0.4) is 0 Å². The van der Waals surface area contributed by atoms with Crippen LogP contribution in [0.25, 0.3) is 0 Å². The smallest absolute Gasteiger partial charge is 0.0914 e. The highest BCUT2D eigenvalue weighted by Crippen LogP contribution is 2.13. The molecule has 0 spiro atoms. The molecular formula is C22H40N2S. The van der Waals surface area contributed by atoms with Gasteiger partial charge in [-0.3, -0.25) is 0 Å². The van der Waals surface area contributed by atoms with Gasteiger partial charge >= 0.3 is 0 Å². The van der Waals surface area contributed by atoms with E-state index in [-0.39, 0.29) is 0 Å². The van der Waals surface area contributed by atoms with Gasteiger partial charge < -0.3 is 10.6 Å². The van der Waals surface area contributed by atoms with Gasteiger partial charge in [0.05, 0.1) is 5.82 Å². The van der Waals surface area contributed by atoms with Gasteiger partial charge in [-0.2, -0.15) is 11.8 Å². The van der Waals surface area contributed by atoms with Crippen molar-refractivity contribution in [1.82, 2.24) is 10.6 Å². The molecule has 0 aliphatic heterocycles. The Bertz CT molecular complexity index is 457. The molecule has 0 heterocycles. The van der Waals surface area contributed by atoms with Crippen molar-refractivity contribution in [2.45, 2.75) is 73.3 Å². The highest BCUT2D eigenvalue weighted by atomic mass is 32.2. The van der Waals surface area contributed by atoms with Crippen molar-refractivity contribution >= 4 is 11.8 Å². The third-order valence-corrected chi connectivity index (χ3v) is 4.99. The van der Waals surface area contributed by atoms with Crippen LogP contribution < -0.4 is 10.6 Å². The quantitative estimate of drug-likeness (QED) is 0.283. The van der Waals surface area contributed by atoms with Gasteiger partial charge in [-0.05, 0) is 67.2 Å². The molecule has 0 amide bonds. The van der Waals surface area contributed by atoms with E-state index in [1.165, 1.54) is 36.0 Å². The summed E-state index contributed by atoms with van der Waals surface area (Å²) >= 11 is 1.97. The number of rotatable bonds is 14. The van der Waals surface area contributed by atoms with E-state index in [1.54, 1.807) is 0 Å². The van der Waals surface area contributed by atoms with Crippen molar-refractivity contribution in [2.24, 2.45) is 0 Å². The predicted molar refractivity (Wildman–Crippen MR) is 118 cm³/mol. The Balaban J connectivity index is 3.87. The predicted octanol–water partition coefficient (Wildman–Crippen LogP) is 6.20. The third-order valence-electron chi connectivity index (χ3n) is 3.85. The van der Waals surface area contributed by atoms with Crippen molar-refractivity contribution in [2.75, 3.05) is 18.1 Å². The zero-order chi connectivity index (χ0) is 19.1. The van der Waals surface area contributed by atoms with Crippen LogP contribution in [0.4, 0.5) is 0 Å². The fraction of sp³-hybridized carbons (Fsp3) is 0.636. The lowest BCUT2D eigenvalue weighted by molar-refractivity contribution is 0.625. The van der Waals surface area contributed by atoms with Crippen LogP contribution in [0.2, 0.25) is 0 Å². The monoisotopic (exact) mass is 364 g/mol. The van der Waals surface area contributed by atoms with E-state index in [1.807, 2.05) is 11.8 Å². The molecule has 0 aromatic heterocycles. The minimum Gasteiger partial charge on any atom is -0.373 e. The molecule has 0 saturated heterocycles. The Labute approximate surface area is 161 Å². The normalized spacial score (nSPS) is 13.4. The molecular weight excluding hydrogens is 324 g/mol. The summed E-state index contributed by atoms with van der Waals surface area (Å²) < 4.78 is 0. The Morgan fingerprint density at radius 2 is 1.60 bits per heavy atom. The average molecular weight is 365 g/mol. The summed E-state index contributed by atoms with van der Waals surface area (Å²) in [6.45, 7) is 18.0. The highest BCUT2D eigenvalue weighted by Gasteiger charge is 2.01. The van der Waals surface area contributed by atoms with Crippen LogP contribution in [0.5, 0.6) is 0 Å². The van der Waals surface area contributed by atoms with E-state index in [0.717, 1.165) is 30.3 Å². The first-order valence-electron chi connectivity index (χ1n) is 9.56. The first kappa shape index (κ1) is 23.9. The summed E-state index contributed by atoms with van der Waals surface area (Å²) in [6, 6.07) is 0.441. The summed E-state index contributed by atoms with van der Waals surface area (Å²) in [5, 5.41) is 6.58. The zero-order valence-electron chi connectivity index (χ0n) is 17.4. The first-order chi connectivity index (χ1) is 11.8. The molecule has 0 rings (SSSR count). The molecule has 0 aromatic carbocycles. The van der Waals surface area contributed by atoms with Gasteiger partial charge in [-0.1, -0.05) is 41.5 Å². The Hall–Kier alpha value is -1.09. The molecule has 2 nitrogen and oxygen atoms in total. The standard InChI is InChI=1S/C22H40N2S/c1-8-23-22(7)24-21(6)17-25-16-15-20(5)14-10-13-19(4)12-9-11-18(2)3/h11,13,15,21,23-24H,7-10,12,14,16-17H2,1-6H3/b19-13+,20-15+. The van der Waals surface area contributed by atoms with Gasteiger partial charge in [0.25, 0.3) is 0 Å². The van der Waals surface area contributed by atoms with Crippen molar-refractivity contribution in [1.29, 1.82) is 0 Å². The zero-order valence-corrected chi connectivity index (χ0v) is 18.2. The maximum atomic E-state index is 3.96. The molecule has 144 valence electrons. The molecule has 1 unspecified atom stereocenters. The first-order valence-corrected chi connectivity index (χ1v) is 10.7. The number of hydrogen-bond acceptors (Lipinski definition) is 3. The van der Waals surface area contributed by atoms with Gasteiger partial charge in [0.1, 0.15) is 0 Å². The van der Waals surface area contributed by atoms with Gasteiger partial charge in [0.2, 0.25) is 0 Å². The molecule has 0 aliphatic carbocycles. The van der Waals surface area contributed by atoms with Gasteiger partial charge in [0, 0.05) is 24.1 Å². The molecule has 0 radical (unpaired) electrons. The van der Waals surface area contributed by atoms with Crippen molar-refractivity contribution in [3.05, 3.63) is 47.3 Å². The van der Waals surface area contributed by atoms with E-state index in [2.05, 4.69) is 77.0 Å². The molecule has 1 atom stereocenters. The Kier molecular flexibility index (Phi) is 14.5. The van der Waals surface area contributed by atoms with Crippen molar-refractivity contribution in [3.8, 4) is 0 Å². The highest BCUT2D eigenvalue weighted by molar-refractivity contribution is 7.99. The van der Waals surface area contributed by atoms with E-state index in [4.69, 9.17) is 0 Å². The number of hydrogen-bond donors (Lipinski definition) is 2. The summed E-state index contributed by atoms with van der Waals surface area (Å²) in [6.07, 6.45) is 11.8. The SMILES string of the molecule is C=C(NCC)NC(C)CSC/C=C(\C)CC/C=C(\C)CCC=C(C)C. The maximum Gasteiger partial charge on any atom is 0.0914 e. The van der Waals surface area contributed by atoms with Gasteiger partial charge in [0.15, 0.2) is 0 Å². The molecule has 0 aliphatic rings. The van der Waals surface area contributed by atoms with Gasteiger partial charge in [-0.15, -0.1) is 0 Å². The van der Waals surface area contributed by atoms with E-state index < -0.39 is 0 Å². The molecule has 3 heteroatoms. The fourth-order valence-corrected chi connectivity index (χ4v) is 3.36. The minimum absolute atomic E-state index is 0.441. The minimum atomic E-state index is 0.441. The van der Waals surface area contributed by atoms with Crippen LogP contribution in [0.1, 0.15) is 67.2 Å². The van der Waals surface area contributed by atoms with E-state index >= 15 is 0 Å². The van der Waals surface area contributed by atoms with Crippen LogP contribution in [0, 0.1) is 0 Å². The number of allylic oxidation sites excluding steroid dienone is 5. The van der Waals surface area contributed by atoms with Gasteiger partial charge in [-0.25, -0.2) is 0 Å². The van der Waals surface area contributed by atoms with Crippen LogP contribution >= 0.6 is 11.8 Å². The number of nitrogens with one attached hydrogen (secondary N) is 2. The Morgan fingerprint density at radius 1 is 1.00 bits per heavy atom. The topological polar surface area (TPSA) is 24.1 Å². The molecule has 0 fully saturated rings.